The lowest BCUT2D eigenvalue weighted by Gasteiger charge is -2.16. The molecule has 0 amide bonds. The summed E-state index contributed by atoms with van der Waals surface area (Å²) in [4.78, 5) is -0.0867. The van der Waals surface area contributed by atoms with Crippen molar-refractivity contribution < 1.29 is 12.8 Å². The van der Waals surface area contributed by atoms with Crippen molar-refractivity contribution in [3.05, 3.63) is 64.4 Å². The van der Waals surface area contributed by atoms with E-state index >= 15 is 0 Å². The lowest BCUT2D eigenvalue weighted by Crippen LogP contribution is -2.27. The minimum absolute atomic E-state index is 0.0867. The van der Waals surface area contributed by atoms with E-state index in [1.165, 1.54) is 18.2 Å². The van der Waals surface area contributed by atoms with Crippen molar-refractivity contribution in [2.45, 2.75) is 17.9 Å². The van der Waals surface area contributed by atoms with Crippen LogP contribution in [0.3, 0.4) is 0 Å². The molecule has 1 atom stereocenters. The summed E-state index contributed by atoms with van der Waals surface area (Å²) in [6.07, 6.45) is 0. The first-order valence-electron chi connectivity index (χ1n) is 5.92. The number of hydrogen-bond donors (Lipinski definition) is 1. The van der Waals surface area contributed by atoms with Gasteiger partial charge in [0.2, 0.25) is 10.0 Å². The third kappa shape index (κ3) is 3.45. The van der Waals surface area contributed by atoms with Gasteiger partial charge in [0.05, 0.1) is 4.90 Å². The predicted molar refractivity (Wildman–Crippen MR) is 79.3 cm³/mol. The summed E-state index contributed by atoms with van der Waals surface area (Å²) in [5.74, 6) is -0.582. The van der Waals surface area contributed by atoms with Crippen molar-refractivity contribution in [2.24, 2.45) is 0 Å². The first kappa shape index (κ1) is 15.2. The molecule has 2 aromatic rings. The Labute approximate surface area is 126 Å². The number of sulfonamides is 1. The Balaban J connectivity index is 2.27. The van der Waals surface area contributed by atoms with Crippen molar-refractivity contribution in [1.82, 2.24) is 4.72 Å². The fraction of sp³-hybridized carbons (Fsp3) is 0.143. The Morgan fingerprint density at radius 3 is 2.50 bits per heavy atom. The van der Waals surface area contributed by atoms with Crippen LogP contribution in [0.2, 0.25) is 0 Å². The monoisotopic (exact) mass is 357 g/mol. The van der Waals surface area contributed by atoms with Gasteiger partial charge < -0.3 is 0 Å². The fourth-order valence-corrected chi connectivity index (χ4v) is 3.71. The van der Waals surface area contributed by atoms with Gasteiger partial charge in [0, 0.05) is 10.5 Å². The molecule has 0 aliphatic rings. The molecule has 0 aliphatic heterocycles. The quantitative estimate of drug-likeness (QED) is 0.907. The highest BCUT2D eigenvalue weighted by Gasteiger charge is 2.19. The van der Waals surface area contributed by atoms with Gasteiger partial charge in [0.15, 0.2) is 0 Å². The number of halogens is 2. The minimum Gasteiger partial charge on any atom is -0.207 e. The summed E-state index contributed by atoms with van der Waals surface area (Å²) < 4.78 is 40.8. The van der Waals surface area contributed by atoms with Gasteiger partial charge in [-0.2, -0.15) is 0 Å². The van der Waals surface area contributed by atoms with Gasteiger partial charge in [-0.1, -0.05) is 40.2 Å². The first-order chi connectivity index (χ1) is 9.40. The summed E-state index contributed by atoms with van der Waals surface area (Å²) in [6.45, 7) is 1.73. The number of hydrogen-bond acceptors (Lipinski definition) is 2. The molecule has 0 unspecified atom stereocenters. The van der Waals surface area contributed by atoms with E-state index in [0.29, 0.717) is 0 Å². The molecular weight excluding hydrogens is 345 g/mol. The highest BCUT2D eigenvalue weighted by Crippen LogP contribution is 2.24. The van der Waals surface area contributed by atoms with Crippen LogP contribution in [0, 0.1) is 5.82 Å². The van der Waals surface area contributed by atoms with Crippen molar-refractivity contribution in [3.8, 4) is 0 Å². The van der Waals surface area contributed by atoms with Crippen LogP contribution in [-0.4, -0.2) is 8.42 Å². The minimum atomic E-state index is -3.76. The highest BCUT2D eigenvalue weighted by molar-refractivity contribution is 9.10. The molecule has 1 N–H and O–H groups in total. The summed E-state index contributed by atoms with van der Waals surface area (Å²) in [5.41, 5.74) is 0.812. The molecule has 20 heavy (non-hydrogen) atoms. The van der Waals surface area contributed by atoms with Crippen LogP contribution < -0.4 is 4.72 Å². The second-order valence-electron chi connectivity index (χ2n) is 4.32. The predicted octanol–water partition coefficient (Wildman–Crippen LogP) is 3.63. The van der Waals surface area contributed by atoms with E-state index in [4.69, 9.17) is 0 Å². The molecule has 0 heterocycles. The van der Waals surface area contributed by atoms with Gasteiger partial charge in [-0.3, -0.25) is 0 Å². The van der Waals surface area contributed by atoms with Gasteiger partial charge in [-0.05, 0) is 36.8 Å². The average molecular weight is 358 g/mol. The molecule has 3 nitrogen and oxygen atoms in total. The van der Waals surface area contributed by atoms with E-state index in [1.54, 1.807) is 6.92 Å². The molecule has 0 spiro atoms. The maximum atomic E-state index is 13.1. The Morgan fingerprint density at radius 2 is 1.85 bits per heavy atom. The molecule has 0 aliphatic carbocycles. The number of nitrogens with one attached hydrogen (secondary N) is 1. The molecule has 0 fully saturated rings. The molecule has 0 saturated carbocycles. The molecule has 0 radical (unpaired) electrons. The lowest BCUT2D eigenvalue weighted by atomic mass is 10.1. The summed E-state index contributed by atoms with van der Waals surface area (Å²) >= 11 is 3.38. The topological polar surface area (TPSA) is 46.2 Å². The van der Waals surface area contributed by atoms with Gasteiger partial charge >= 0.3 is 0 Å². The normalized spacial score (nSPS) is 13.2. The van der Waals surface area contributed by atoms with Crippen LogP contribution in [0.15, 0.2) is 57.9 Å². The zero-order chi connectivity index (χ0) is 14.8. The Morgan fingerprint density at radius 1 is 1.15 bits per heavy atom. The van der Waals surface area contributed by atoms with E-state index in [2.05, 4.69) is 20.7 Å². The zero-order valence-corrected chi connectivity index (χ0v) is 13.1. The first-order valence-corrected chi connectivity index (χ1v) is 8.20. The summed E-state index contributed by atoms with van der Waals surface area (Å²) in [5, 5.41) is 0. The van der Waals surface area contributed by atoms with Crippen molar-refractivity contribution in [3.63, 3.8) is 0 Å². The van der Waals surface area contributed by atoms with Crippen LogP contribution in [0.4, 0.5) is 4.39 Å². The van der Waals surface area contributed by atoms with E-state index in [1.807, 2.05) is 24.3 Å². The van der Waals surface area contributed by atoms with Gasteiger partial charge in [-0.15, -0.1) is 0 Å². The van der Waals surface area contributed by atoms with Crippen molar-refractivity contribution >= 4 is 26.0 Å². The number of rotatable bonds is 4. The van der Waals surface area contributed by atoms with Crippen LogP contribution in [0.1, 0.15) is 18.5 Å². The van der Waals surface area contributed by atoms with Crippen molar-refractivity contribution in [1.29, 1.82) is 0 Å². The van der Waals surface area contributed by atoms with Gasteiger partial charge in [-0.25, -0.2) is 17.5 Å². The zero-order valence-electron chi connectivity index (χ0n) is 10.7. The fourth-order valence-electron chi connectivity index (χ4n) is 1.82. The molecule has 0 saturated heterocycles. The molecular formula is C14H13BrFNO2S. The third-order valence-electron chi connectivity index (χ3n) is 2.81. The van der Waals surface area contributed by atoms with E-state index in [-0.39, 0.29) is 4.90 Å². The van der Waals surface area contributed by atoms with E-state index < -0.39 is 21.9 Å². The van der Waals surface area contributed by atoms with Crippen LogP contribution in [-0.2, 0) is 10.0 Å². The molecule has 6 heteroatoms. The molecule has 106 valence electrons. The molecule has 2 rings (SSSR count). The Hall–Kier alpha value is -1.24. The van der Waals surface area contributed by atoms with Gasteiger partial charge in [0.25, 0.3) is 0 Å². The van der Waals surface area contributed by atoms with Crippen LogP contribution >= 0.6 is 15.9 Å². The molecule has 2 aromatic carbocycles. The highest BCUT2D eigenvalue weighted by atomic mass is 79.9. The third-order valence-corrected chi connectivity index (χ3v) is 5.07. The Bertz CT molecular complexity index is 719. The summed E-state index contributed by atoms with van der Waals surface area (Å²) in [7, 11) is -3.76. The maximum Gasteiger partial charge on any atom is 0.241 e. The summed E-state index contributed by atoms with van der Waals surface area (Å²) in [6, 6.07) is 11.8. The number of benzene rings is 2. The smallest absolute Gasteiger partial charge is 0.207 e. The standard InChI is InChI=1S/C14H13BrFNO2S/c1-10(13-7-2-3-8-14(13)15)17-20(18,19)12-6-4-5-11(16)9-12/h2-10,17H,1H3/t10-/m0/s1. The maximum absolute atomic E-state index is 13.1. The SMILES string of the molecule is C[C@H](NS(=O)(=O)c1cccc(F)c1)c1ccccc1Br. The average Bonchev–Trinajstić information content (AvgIpc) is 2.38. The second-order valence-corrected chi connectivity index (χ2v) is 6.89. The second kappa shape index (κ2) is 6.03. The van der Waals surface area contributed by atoms with Crippen LogP contribution in [0.5, 0.6) is 0 Å². The van der Waals surface area contributed by atoms with Gasteiger partial charge in [0.1, 0.15) is 5.82 Å². The van der Waals surface area contributed by atoms with E-state index in [0.717, 1.165) is 16.1 Å². The Kier molecular flexibility index (Phi) is 4.57. The van der Waals surface area contributed by atoms with Crippen molar-refractivity contribution in [2.75, 3.05) is 0 Å². The van der Waals surface area contributed by atoms with E-state index in [9.17, 15) is 12.8 Å². The molecule has 0 aromatic heterocycles. The molecule has 0 bridgehead atoms. The lowest BCUT2D eigenvalue weighted by molar-refractivity contribution is 0.563. The largest absolute Gasteiger partial charge is 0.241 e. The van der Waals surface area contributed by atoms with Crippen LogP contribution in [0.25, 0.3) is 0 Å².